The molecule has 76 valence electrons. The van der Waals surface area contributed by atoms with E-state index in [0.29, 0.717) is 11.7 Å². The first-order valence-electron chi connectivity index (χ1n) is 4.84. The van der Waals surface area contributed by atoms with E-state index >= 15 is 0 Å². The Hall–Kier alpha value is -0.540. The van der Waals surface area contributed by atoms with Gasteiger partial charge in [-0.05, 0) is 43.6 Å². The number of rotatable bonds is 1. The van der Waals surface area contributed by atoms with Crippen LogP contribution in [-0.2, 0) is 0 Å². The molecule has 1 unspecified atom stereocenters. The van der Waals surface area contributed by atoms with Gasteiger partial charge in [0.2, 0.25) is 0 Å². The standard InChI is InChI=1S/C11H14BrNO/c1-13-5-4-8(7-13)10-3-2-9(14)6-11(10)12/h2-3,6,8,14H,4-5,7H2,1H3. The second kappa shape index (κ2) is 3.91. The van der Waals surface area contributed by atoms with Crippen molar-refractivity contribution in [3.8, 4) is 5.75 Å². The van der Waals surface area contributed by atoms with Crippen LogP contribution in [0, 0.1) is 0 Å². The van der Waals surface area contributed by atoms with Crippen molar-refractivity contribution in [2.75, 3.05) is 20.1 Å². The molecule has 0 amide bonds. The lowest BCUT2D eigenvalue weighted by molar-refractivity contribution is 0.411. The Balaban J connectivity index is 2.24. The molecule has 1 aromatic rings. The summed E-state index contributed by atoms with van der Waals surface area (Å²) in [6.45, 7) is 2.28. The average Bonchev–Trinajstić information content (AvgIpc) is 2.51. The lowest BCUT2D eigenvalue weighted by Gasteiger charge is -2.12. The van der Waals surface area contributed by atoms with Crippen molar-refractivity contribution in [2.45, 2.75) is 12.3 Å². The molecule has 2 nitrogen and oxygen atoms in total. The summed E-state index contributed by atoms with van der Waals surface area (Å²) in [5.74, 6) is 0.932. The maximum atomic E-state index is 9.29. The number of phenolic OH excluding ortho intramolecular Hbond substituents is 1. The monoisotopic (exact) mass is 255 g/mol. The van der Waals surface area contributed by atoms with Gasteiger partial charge < -0.3 is 10.0 Å². The molecule has 0 radical (unpaired) electrons. The first kappa shape index (κ1) is 9.99. The van der Waals surface area contributed by atoms with E-state index in [2.05, 4.69) is 27.9 Å². The lowest BCUT2D eigenvalue weighted by Crippen LogP contribution is -2.13. The zero-order valence-electron chi connectivity index (χ0n) is 8.20. The van der Waals surface area contributed by atoms with Crippen LogP contribution in [0.5, 0.6) is 5.75 Å². The summed E-state index contributed by atoms with van der Waals surface area (Å²) < 4.78 is 1.03. The number of nitrogens with zero attached hydrogens (tertiary/aromatic N) is 1. The van der Waals surface area contributed by atoms with Gasteiger partial charge in [-0.2, -0.15) is 0 Å². The third-order valence-electron chi connectivity index (χ3n) is 2.82. The third kappa shape index (κ3) is 1.93. The molecule has 0 aromatic heterocycles. The molecule has 0 aliphatic carbocycles. The van der Waals surface area contributed by atoms with Crippen molar-refractivity contribution in [3.05, 3.63) is 28.2 Å². The number of likely N-dealkylation sites (tertiary alicyclic amines) is 1. The van der Waals surface area contributed by atoms with Gasteiger partial charge in [-0.25, -0.2) is 0 Å². The van der Waals surface area contributed by atoms with Crippen LogP contribution in [0.25, 0.3) is 0 Å². The van der Waals surface area contributed by atoms with Gasteiger partial charge in [0, 0.05) is 11.0 Å². The highest BCUT2D eigenvalue weighted by atomic mass is 79.9. The Kier molecular flexibility index (Phi) is 2.79. The fraction of sp³-hybridized carbons (Fsp3) is 0.455. The van der Waals surface area contributed by atoms with Crippen molar-refractivity contribution in [1.82, 2.24) is 4.90 Å². The molecule has 1 N–H and O–H groups in total. The summed E-state index contributed by atoms with van der Waals surface area (Å²) >= 11 is 3.50. The van der Waals surface area contributed by atoms with Gasteiger partial charge in [-0.1, -0.05) is 22.0 Å². The smallest absolute Gasteiger partial charge is 0.116 e. The number of benzene rings is 1. The lowest BCUT2D eigenvalue weighted by atomic mass is 9.98. The molecular formula is C11H14BrNO. The van der Waals surface area contributed by atoms with Gasteiger partial charge in [0.05, 0.1) is 0 Å². The molecule has 1 aliphatic rings. The van der Waals surface area contributed by atoms with Crippen molar-refractivity contribution < 1.29 is 5.11 Å². The quantitative estimate of drug-likeness (QED) is 0.834. The molecule has 1 saturated heterocycles. The van der Waals surface area contributed by atoms with Crippen LogP contribution in [0.1, 0.15) is 17.9 Å². The minimum atomic E-state index is 0.326. The maximum Gasteiger partial charge on any atom is 0.116 e. The van der Waals surface area contributed by atoms with Crippen molar-refractivity contribution in [3.63, 3.8) is 0 Å². The highest BCUT2D eigenvalue weighted by Crippen LogP contribution is 2.33. The fourth-order valence-corrected chi connectivity index (χ4v) is 2.73. The Labute approximate surface area is 92.7 Å². The maximum absolute atomic E-state index is 9.29. The van der Waals surface area contributed by atoms with Crippen LogP contribution < -0.4 is 0 Å². The van der Waals surface area contributed by atoms with E-state index in [9.17, 15) is 5.11 Å². The van der Waals surface area contributed by atoms with Crippen LogP contribution >= 0.6 is 15.9 Å². The predicted octanol–water partition coefficient (Wildman–Crippen LogP) is 2.57. The summed E-state index contributed by atoms with van der Waals surface area (Å²) in [6.07, 6.45) is 1.21. The third-order valence-corrected chi connectivity index (χ3v) is 3.50. The van der Waals surface area contributed by atoms with Crippen molar-refractivity contribution >= 4 is 15.9 Å². The molecule has 2 rings (SSSR count). The number of hydrogen-bond acceptors (Lipinski definition) is 2. The van der Waals surface area contributed by atoms with Crippen molar-refractivity contribution in [1.29, 1.82) is 0 Å². The Morgan fingerprint density at radius 1 is 1.50 bits per heavy atom. The summed E-state index contributed by atoms with van der Waals surface area (Å²) in [4.78, 5) is 2.34. The molecule has 14 heavy (non-hydrogen) atoms. The van der Waals surface area contributed by atoms with E-state index in [-0.39, 0.29) is 0 Å². The summed E-state index contributed by atoms with van der Waals surface area (Å²) in [5, 5.41) is 9.29. The van der Waals surface area contributed by atoms with Gasteiger partial charge in [0.15, 0.2) is 0 Å². The molecule has 3 heteroatoms. The predicted molar refractivity (Wildman–Crippen MR) is 60.7 cm³/mol. The number of phenols is 1. The van der Waals surface area contributed by atoms with Crippen LogP contribution in [0.3, 0.4) is 0 Å². The fourth-order valence-electron chi connectivity index (χ4n) is 2.04. The van der Waals surface area contributed by atoms with Crippen LogP contribution in [-0.4, -0.2) is 30.1 Å². The number of aromatic hydroxyl groups is 1. The minimum absolute atomic E-state index is 0.326. The molecule has 0 saturated carbocycles. The first-order chi connectivity index (χ1) is 6.66. The van der Waals surface area contributed by atoms with Gasteiger partial charge >= 0.3 is 0 Å². The van der Waals surface area contributed by atoms with E-state index in [1.54, 1.807) is 12.1 Å². The van der Waals surface area contributed by atoms with Crippen LogP contribution in [0.2, 0.25) is 0 Å². The average molecular weight is 256 g/mol. The normalized spacial score (nSPS) is 22.9. The topological polar surface area (TPSA) is 23.5 Å². The molecule has 1 aromatic carbocycles. The molecular weight excluding hydrogens is 242 g/mol. The SMILES string of the molecule is CN1CCC(c2ccc(O)cc2Br)C1. The summed E-state index contributed by atoms with van der Waals surface area (Å²) in [5.41, 5.74) is 1.31. The molecule has 1 heterocycles. The summed E-state index contributed by atoms with van der Waals surface area (Å²) in [6, 6.07) is 5.55. The largest absolute Gasteiger partial charge is 0.508 e. The zero-order chi connectivity index (χ0) is 10.1. The molecule has 1 aliphatic heterocycles. The molecule has 0 spiro atoms. The summed E-state index contributed by atoms with van der Waals surface area (Å²) in [7, 11) is 2.15. The first-order valence-corrected chi connectivity index (χ1v) is 5.63. The number of hydrogen-bond donors (Lipinski definition) is 1. The highest BCUT2D eigenvalue weighted by Gasteiger charge is 2.22. The van der Waals surface area contributed by atoms with Gasteiger partial charge in [-0.3, -0.25) is 0 Å². The van der Waals surface area contributed by atoms with E-state index in [1.807, 2.05) is 6.07 Å². The molecule has 1 fully saturated rings. The number of likely N-dealkylation sites (N-methyl/N-ethyl adjacent to an activating group) is 1. The molecule has 0 bridgehead atoms. The van der Waals surface area contributed by atoms with E-state index in [4.69, 9.17) is 0 Å². The van der Waals surface area contributed by atoms with Gasteiger partial charge in [0.1, 0.15) is 5.75 Å². The number of halogens is 1. The Bertz CT molecular complexity index is 340. The Morgan fingerprint density at radius 2 is 2.29 bits per heavy atom. The van der Waals surface area contributed by atoms with E-state index < -0.39 is 0 Å². The van der Waals surface area contributed by atoms with E-state index in [0.717, 1.165) is 17.6 Å². The second-order valence-electron chi connectivity index (χ2n) is 3.95. The zero-order valence-corrected chi connectivity index (χ0v) is 9.79. The Morgan fingerprint density at radius 3 is 2.86 bits per heavy atom. The second-order valence-corrected chi connectivity index (χ2v) is 4.81. The van der Waals surface area contributed by atoms with Gasteiger partial charge in [-0.15, -0.1) is 0 Å². The molecule has 1 atom stereocenters. The minimum Gasteiger partial charge on any atom is -0.508 e. The van der Waals surface area contributed by atoms with Gasteiger partial charge in [0.25, 0.3) is 0 Å². The van der Waals surface area contributed by atoms with Crippen LogP contribution in [0.4, 0.5) is 0 Å². The highest BCUT2D eigenvalue weighted by molar-refractivity contribution is 9.10. The van der Waals surface area contributed by atoms with Crippen LogP contribution in [0.15, 0.2) is 22.7 Å². The van der Waals surface area contributed by atoms with Crippen molar-refractivity contribution in [2.24, 2.45) is 0 Å². The van der Waals surface area contributed by atoms with E-state index in [1.165, 1.54) is 12.0 Å².